The number of hydrogen-bond donors (Lipinski definition) is 0. The van der Waals surface area contributed by atoms with Crippen molar-refractivity contribution in [3.63, 3.8) is 0 Å². The van der Waals surface area contributed by atoms with Crippen LogP contribution < -0.4 is 0 Å². The van der Waals surface area contributed by atoms with Crippen LogP contribution in [-0.2, 0) is 28.5 Å². The summed E-state index contributed by atoms with van der Waals surface area (Å²) in [6.07, 6.45) is -2.53. The summed E-state index contributed by atoms with van der Waals surface area (Å²) >= 11 is 0. The molecule has 0 aromatic carbocycles. The van der Waals surface area contributed by atoms with Crippen LogP contribution in [0.5, 0.6) is 0 Å². The largest absolute Gasteiger partial charge is 0.463 e. The average Bonchev–Trinajstić information content (AvgIpc) is 2.41. The molecule has 6 heteroatoms. The molecule has 0 radical (unpaired) electrons. The van der Waals surface area contributed by atoms with E-state index < -0.39 is 24.1 Å². The van der Waals surface area contributed by atoms with Crippen LogP contribution in [-0.4, -0.2) is 50.6 Å². The summed E-state index contributed by atoms with van der Waals surface area (Å²) in [6.45, 7) is 11.8. The molecule has 0 aromatic rings. The van der Waals surface area contributed by atoms with E-state index >= 15 is 0 Å². The summed E-state index contributed by atoms with van der Waals surface area (Å²) in [7, 11) is 1.34. The van der Waals surface area contributed by atoms with Gasteiger partial charge in [0.1, 0.15) is 0 Å². The van der Waals surface area contributed by atoms with Crippen LogP contribution in [0.25, 0.3) is 0 Å². The van der Waals surface area contributed by atoms with Crippen molar-refractivity contribution in [3.05, 3.63) is 0 Å². The minimum absolute atomic E-state index is 0.192. The van der Waals surface area contributed by atoms with E-state index in [1.807, 2.05) is 27.7 Å². The van der Waals surface area contributed by atoms with Crippen LogP contribution in [0.4, 0.5) is 0 Å². The first-order chi connectivity index (χ1) is 10.2. The maximum Gasteiger partial charge on any atom is 0.338 e. The van der Waals surface area contributed by atoms with Crippen molar-refractivity contribution in [2.24, 2.45) is 11.8 Å². The van der Waals surface area contributed by atoms with Gasteiger partial charge in [-0.05, 0) is 25.7 Å². The van der Waals surface area contributed by atoms with Gasteiger partial charge in [-0.15, -0.1) is 0 Å². The van der Waals surface area contributed by atoms with Crippen LogP contribution in [0, 0.1) is 11.8 Å². The van der Waals surface area contributed by atoms with Crippen LogP contribution in [0.1, 0.15) is 41.5 Å². The monoisotopic (exact) mass is 318 g/mol. The Kier molecular flexibility index (Phi) is 10.0. The first-order valence-corrected chi connectivity index (χ1v) is 7.70. The van der Waals surface area contributed by atoms with E-state index in [9.17, 15) is 9.59 Å². The molecule has 0 N–H and O–H groups in total. The second-order valence-electron chi connectivity index (χ2n) is 6.31. The van der Waals surface area contributed by atoms with Gasteiger partial charge in [0.25, 0.3) is 0 Å². The van der Waals surface area contributed by atoms with Crippen molar-refractivity contribution in [1.29, 1.82) is 0 Å². The summed E-state index contributed by atoms with van der Waals surface area (Å²) in [5.74, 6) is -0.851. The number of rotatable bonds is 10. The maximum atomic E-state index is 12.2. The molecule has 0 aliphatic heterocycles. The highest BCUT2D eigenvalue weighted by atomic mass is 16.6. The molecule has 0 aromatic heterocycles. The van der Waals surface area contributed by atoms with Gasteiger partial charge < -0.3 is 18.9 Å². The van der Waals surface area contributed by atoms with Crippen molar-refractivity contribution in [3.8, 4) is 0 Å². The lowest BCUT2D eigenvalue weighted by atomic mass is 10.2. The number of hydrogen-bond acceptors (Lipinski definition) is 6. The van der Waals surface area contributed by atoms with Gasteiger partial charge in [0, 0.05) is 7.11 Å². The van der Waals surface area contributed by atoms with Crippen molar-refractivity contribution in [2.45, 2.75) is 59.9 Å². The Bertz CT molecular complexity index is 338. The highest BCUT2D eigenvalue weighted by Gasteiger charge is 2.38. The van der Waals surface area contributed by atoms with Gasteiger partial charge in [-0.25, -0.2) is 9.59 Å². The second-order valence-corrected chi connectivity index (χ2v) is 6.31. The Morgan fingerprint density at radius 1 is 0.773 bits per heavy atom. The number of esters is 2. The summed E-state index contributed by atoms with van der Waals surface area (Å²) in [4.78, 5) is 24.3. The van der Waals surface area contributed by atoms with Gasteiger partial charge in [-0.3, -0.25) is 0 Å². The normalized spacial score (nSPS) is 14.3. The van der Waals surface area contributed by atoms with E-state index in [2.05, 4.69) is 0 Å². The number of ether oxygens (including phenoxy) is 4. The Hall–Kier alpha value is -1.14. The van der Waals surface area contributed by atoms with Crippen molar-refractivity contribution in [1.82, 2.24) is 0 Å². The zero-order valence-corrected chi connectivity index (χ0v) is 14.8. The Labute approximate surface area is 133 Å². The molecule has 0 aliphatic carbocycles. The van der Waals surface area contributed by atoms with E-state index in [0.29, 0.717) is 0 Å². The van der Waals surface area contributed by atoms with E-state index in [1.165, 1.54) is 7.11 Å². The highest BCUT2D eigenvalue weighted by Crippen LogP contribution is 2.12. The van der Waals surface area contributed by atoms with Crippen molar-refractivity contribution >= 4 is 11.9 Å². The third-order valence-corrected chi connectivity index (χ3v) is 2.53. The molecule has 2 atom stereocenters. The van der Waals surface area contributed by atoms with E-state index in [4.69, 9.17) is 18.9 Å². The molecule has 0 fully saturated rings. The molecule has 0 saturated carbocycles. The standard InChI is InChI=1S/C16H30O6/c1-10(2)8-20-15(17)13(19-7)14(22-12(5)6)16(18)21-9-11(3)4/h10-14H,8-9H2,1-7H3. The van der Waals surface area contributed by atoms with Crippen molar-refractivity contribution in [2.75, 3.05) is 20.3 Å². The molecule has 0 saturated heterocycles. The molecule has 0 rings (SSSR count). The van der Waals surface area contributed by atoms with Crippen molar-refractivity contribution < 1.29 is 28.5 Å². The maximum absolute atomic E-state index is 12.2. The Morgan fingerprint density at radius 3 is 1.50 bits per heavy atom. The van der Waals surface area contributed by atoms with Gasteiger partial charge >= 0.3 is 11.9 Å². The minimum Gasteiger partial charge on any atom is -0.463 e. The molecule has 6 nitrogen and oxygen atoms in total. The number of carbonyl (C=O) groups is 2. The first-order valence-electron chi connectivity index (χ1n) is 7.70. The van der Waals surface area contributed by atoms with Crippen LogP contribution in [0.2, 0.25) is 0 Å². The summed E-state index contributed by atoms with van der Waals surface area (Å²) < 4.78 is 21.0. The number of methoxy groups -OCH3 is 1. The van der Waals surface area contributed by atoms with Crippen LogP contribution in [0.15, 0.2) is 0 Å². The molecule has 2 unspecified atom stereocenters. The van der Waals surface area contributed by atoms with Gasteiger partial charge in [-0.1, -0.05) is 27.7 Å². The topological polar surface area (TPSA) is 71.1 Å². The fraction of sp³-hybridized carbons (Fsp3) is 0.875. The third-order valence-electron chi connectivity index (χ3n) is 2.53. The molecular formula is C16H30O6. The van der Waals surface area contributed by atoms with Gasteiger partial charge in [-0.2, -0.15) is 0 Å². The molecule has 22 heavy (non-hydrogen) atoms. The fourth-order valence-corrected chi connectivity index (χ4v) is 1.55. The lowest BCUT2D eigenvalue weighted by Crippen LogP contribution is -2.46. The molecule has 0 aliphatic rings. The lowest BCUT2D eigenvalue weighted by Gasteiger charge is -2.25. The third kappa shape index (κ3) is 8.34. The Morgan fingerprint density at radius 2 is 1.18 bits per heavy atom. The molecule has 130 valence electrons. The van der Waals surface area contributed by atoms with Gasteiger partial charge in [0.05, 0.1) is 19.3 Å². The quantitative estimate of drug-likeness (QED) is 0.575. The molecular weight excluding hydrogens is 288 g/mol. The van der Waals surface area contributed by atoms with E-state index in [0.717, 1.165) is 0 Å². The smallest absolute Gasteiger partial charge is 0.338 e. The van der Waals surface area contributed by atoms with E-state index in [1.54, 1.807) is 13.8 Å². The predicted molar refractivity (Wildman–Crippen MR) is 82.4 cm³/mol. The molecule has 0 heterocycles. The summed E-state index contributed by atoms with van der Waals surface area (Å²) in [6, 6.07) is 0. The fourth-order valence-electron chi connectivity index (χ4n) is 1.55. The molecule has 0 spiro atoms. The zero-order chi connectivity index (χ0) is 17.3. The van der Waals surface area contributed by atoms with Gasteiger partial charge in [0.15, 0.2) is 12.2 Å². The second kappa shape index (κ2) is 10.6. The predicted octanol–water partition coefficient (Wildman–Crippen LogP) is 2.19. The zero-order valence-electron chi connectivity index (χ0n) is 14.8. The summed E-state index contributed by atoms with van der Waals surface area (Å²) in [5, 5.41) is 0. The first kappa shape index (κ1) is 20.9. The van der Waals surface area contributed by atoms with E-state index in [-0.39, 0.29) is 31.2 Å². The minimum atomic E-state index is -1.14. The lowest BCUT2D eigenvalue weighted by molar-refractivity contribution is -0.185. The Balaban J connectivity index is 4.93. The molecule has 0 bridgehead atoms. The van der Waals surface area contributed by atoms with Crippen LogP contribution >= 0.6 is 0 Å². The van der Waals surface area contributed by atoms with Gasteiger partial charge in [0.2, 0.25) is 0 Å². The molecule has 0 amide bonds. The van der Waals surface area contributed by atoms with Crippen LogP contribution in [0.3, 0.4) is 0 Å². The average molecular weight is 318 g/mol. The number of carbonyl (C=O) groups excluding carboxylic acids is 2. The highest BCUT2D eigenvalue weighted by molar-refractivity contribution is 5.85. The SMILES string of the molecule is COC(C(=O)OCC(C)C)C(OC(C)C)C(=O)OCC(C)C. The summed E-state index contributed by atoms with van der Waals surface area (Å²) in [5.41, 5.74) is 0.